The van der Waals surface area contributed by atoms with Crippen LogP contribution in [0.3, 0.4) is 0 Å². The lowest BCUT2D eigenvalue weighted by Gasteiger charge is -2.09. The topological polar surface area (TPSA) is 9.23 Å². The average Bonchev–Trinajstić information content (AvgIpc) is 1.94. The van der Waals surface area contributed by atoms with Gasteiger partial charge >= 0.3 is 0 Å². The zero-order valence-electron chi connectivity index (χ0n) is 8.53. The smallest absolute Gasteiger partial charge is 0.240 e. The van der Waals surface area contributed by atoms with E-state index in [1.54, 1.807) is 13.1 Å². The van der Waals surface area contributed by atoms with Crippen LogP contribution in [0, 0.1) is 0 Å². The van der Waals surface area contributed by atoms with Gasteiger partial charge in [0, 0.05) is 13.2 Å². The Kier molecular flexibility index (Phi) is 6.66. The summed E-state index contributed by atoms with van der Waals surface area (Å²) in [4.78, 5) is 0. The molecule has 0 aromatic heterocycles. The Morgan fingerprint density at radius 3 is 2.33 bits per heavy atom. The lowest BCUT2D eigenvalue weighted by atomic mass is 10.3. The zero-order valence-corrected chi connectivity index (χ0v) is 9.53. The summed E-state index contributed by atoms with van der Waals surface area (Å²) in [7, 11) is -2.28. The molecule has 0 aromatic carbocycles. The van der Waals surface area contributed by atoms with E-state index in [1.165, 1.54) is 0 Å². The maximum absolute atomic E-state index is 13.1. The van der Waals surface area contributed by atoms with E-state index >= 15 is 0 Å². The van der Waals surface area contributed by atoms with Gasteiger partial charge in [-0.3, -0.25) is 0 Å². The molecule has 0 aliphatic rings. The molecular formula is C9H21FOSi. The highest BCUT2D eigenvalue weighted by Crippen LogP contribution is 2.14. The van der Waals surface area contributed by atoms with Crippen molar-refractivity contribution in [1.82, 2.24) is 0 Å². The number of ether oxygens (including phenoxy) is 1. The quantitative estimate of drug-likeness (QED) is 0.341. The second-order valence-electron chi connectivity index (χ2n) is 3.79. The molecule has 0 rings (SSSR count). The van der Waals surface area contributed by atoms with Crippen LogP contribution < -0.4 is 0 Å². The normalized spacial score (nSPS) is 12.0. The molecule has 0 unspecified atom stereocenters. The van der Waals surface area contributed by atoms with Crippen molar-refractivity contribution in [2.75, 3.05) is 13.2 Å². The van der Waals surface area contributed by atoms with Crippen LogP contribution in [-0.2, 0) is 4.74 Å². The van der Waals surface area contributed by atoms with E-state index in [0.29, 0.717) is 0 Å². The van der Waals surface area contributed by atoms with E-state index in [2.05, 4.69) is 6.92 Å². The van der Waals surface area contributed by atoms with Crippen molar-refractivity contribution in [1.29, 1.82) is 0 Å². The van der Waals surface area contributed by atoms with Gasteiger partial charge in [-0.05, 0) is 32.0 Å². The van der Waals surface area contributed by atoms with Gasteiger partial charge in [-0.1, -0.05) is 13.3 Å². The Balaban J connectivity index is 3.01. The van der Waals surface area contributed by atoms with E-state index in [-0.39, 0.29) is 0 Å². The van der Waals surface area contributed by atoms with Gasteiger partial charge < -0.3 is 8.84 Å². The maximum Gasteiger partial charge on any atom is 0.240 e. The van der Waals surface area contributed by atoms with Crippen LogP contribution >= 0.6 is 0 Å². The molecule has 0 aliphatic carbocycles. The molecule has 12 heavy (non-hydrogen) atoms. The van der Waals surface area contributed by atoms with Crippen molar-refractivity contribution in [2.45, 2.75) is 45.3 Å². The summed E-state index contributed by atoms with van der Waals surface area (Å²) < 4.78 is 18.4. The molecule has 0 bridgehead atoms. The third kappa shape index (κ3) is 10.1. The van der Waals surface area contributed by atoms with Gasteiger partial charge in [0.1, 0.15) is 0 Å². The summed E-state index contributed by atoms with van der Waals surface area (Å²) in [6, 6.07) is 0.780. The van der Waals surface area contributed by atoms with Crippen molar-refractivity contribution < 1.29 is 8.84 Å². The number of unbranched alkanes of at least 4 members (excludes halogenated alkanes) is 1. The van der Waals surface area contributed by atoms with Crippen molar-refractivity contribution >= 4 is 8.41 Å². The lowest BCUT2D eigenvalue weighted by Crippen LogP contribution is -2.17. The summed E-state index contributed by atoms with van der Waals surface area (Å²) in [6.45, 7) is 7.27. The molecule has 0 radical (unpaired) electrons. The van der Waals surface area contributed by atoms with Crippen LogP contribution in [0.4, 0.5) is 4.11 Å². The van der Waals surface area contributed by atoms with Gasteiger partial charge in [-0.25, -0.2) is 0 Å². The van der Waals surface area contributed by atoms with Gasteiger partial charge in [0.2, 0.25) is 8.41 Å². The molecule has 74 valence electrons. The minimum Gasteiger partial charge on any atom is -0.381 e. The molecule has 1 nitrogen and oxygen atoms in total. The average molecular weight is 192 g/mol. The summed E-state index contributed by atoms with van der Waals surface area (Å²) in [5.74, 6) is 0. The fraction of sp³-hybridized carbons (Fsp3) is 1.00. The molecule has 0 heterocycles. The van der Waals surface area contributed by atoms with Crippen LogP contribution in [0.25, 0.3) is 0 Å². The minimum absolute atomic E-state index is 0.780. The molecule has 0 saturated heterocycles. The fourth-order valence-electron chi connectivity index (χ4n) is 0.996. The molecule has 0 saturated carbocycles. The number of halogens is 1. The molecule has 0 aliphatic heterocycles. The highest BCUT2D eigenvalue weighted by molar-refractivity contribution is 6.70. The van der Waals surface area contributed by atoms with Gasteiger partial charge in [0.25, 0.3) is 0 Å². The largest absolute Gasteiger partial charge is 0.381 e. The van der Waals surface area contributed by atoms with E-state index < -0.39 is 8.41 Å². The van der Waals surface area contributed by atoms with Gasteiger partial charge in [0.15, 0.2) is 0 Å². The van der Waals surface area contributed by atoms with Gasteiger partial charge in [0.05, 0.1) is 0 Å². The fourth-order valence-corrected chi connectivity index (χ4v) is 2.09. The van der Waals surface area contributed by atoms with Gasteiger partial charge in [-0.15, -0.1) is 0 Å². The number of hydrogen-bond acceptors (Lipinski definition) is 1. The van der Waals surface area contributed by atoms with Crippen molar-refractivity contribution in [3.05, 3.63) is 0 Å². The molecule has 0 spiro atoms. The third-order valence-electron chi connectivity index (χ3n) is 1.66. The van der Waals surface area contributed by atoms with Crippen molar-refractivity contribution in [3.8, 4) is 0 Å². The summed E-state index contributed by atoms with van der Waals surface area (Å²) in [6.07, 6.45) is 3.07. The SMILES string of the molecule is CCCOCCCC[Si](C)(C)F. The van der Waals surface area contributed by atoms with Crippen LogP contribution in [0.5, 0.6) is 0 Å². The second kappa shape index (κ2) is 6.60. The van der Waals surface area contributed by atoms with E-state index in [4.69, 9.17) is 4.74 Å². The Morgan fingerprint density at radius 1 is 1.17 bits per heavy atom. The van der Waals surface area contributed by atoms with Crippen molar-refractivity contribution in [2.24, 2.45) is 0 Å². The molecule has 0 aromatic rings. The predicted molar refractivity (Wildman–Crippen MR) is 53.7 cm³/mol. The first kappa shape index (κ1) is 12.1. The zero-order chi connectivity index (χ0) is 9.45. The Morgan fingerprint density at radius 2 is 1.83 bits per heavy atom. The number of hydrogen-bond donors (Lipinski definition) is 0. The predicted octanol–water partition coefficient (Wildman–Crippen LogP) is 3.37. The summed E-state index contributed by atoms with van der Waals surface area (Å²) in [5, 5.41) is 0. The summed E-state index contributed by atoms with van der Waals surface area (Å²) >= 11 is 0. The first-order valence-electron chi connectivity index (χ1n) is 4.83. The van der Waals surface area contributed by atoms with Crippen LogP contribution in [0.15, 0.2) is 0 Å². The first-order chi connectivity index (χ1) is 5.56. The molecule has 0 fully saturated rings. The Bertz CT molecular complexity index is 101. The Hall–Kier alpha value is 0.107. The molecule has 0 atom stereocenters. The van der Waals surface area contributed by atoms with Crippen LogP contribution in [-0.4, -0.2) is 21.6 Å². The van der Waals surface area contributed by atoms with E-state index in [1.807, 2.05) is 0 Å². The van der Waals surface area contributed by atoms with Crippen LogP contribution in [0.2, 0.25) is 19.1 Å². The highest BCUT2D eigenvalue weighted by atomic mass is 28.4. The Labute approximate surface area is 76.5 Å². The standard InChI is InChI=1S/C9H21FOSi/c1-4-7-11-8-5-6-9-12(2,3)10/h4-9H2,1-3H3. The molecule has 0 amide bonds. The van der Waals surface area contributed by atoms with E-state index in [0.717, 1.165) is 38.5 Å². The third-order valence-corrected chi connectivity index (χ3v) is 3.20. The maximum atomic E-state index is 13.1. The van der Waals surface area contributed by atoms with Gasteiger partial charge in [-0.2, -0.15) is 0 Å². The van der Waals surface area contributed by atoms with E-state index in [9.17, 15) is 4.11 Å². The highest BCUT2D eigenvalue weighted by Gasteiger charge is 2.18. The molecule has 3 heteroatoms. The monoisotopic (exact) mass is 192 g/mol. The number of rotatable bonds is 7. The molecule has 0 N–H and O–H groups in total. The first-order valence-corrected chi connectivity index (χ1v) is 7.91. The summed E-state index contributed by atoms with van der Waals surface area (Å²) in [5.41, 5.74) is 0. The second-order valence-corrected chi connectivity index (χ2v) is 7.73. The van der Waals surface area contributed by atoms with Crippen molar-refractivity contribution in [3.63, 3.8) is 0 Å². The minimum atomic E-state index is -2.28. The molecular weight excluding hydrogens is 171 g/mol. The lowest BCUT2D eigenvalue weighted by molar-refractivity contribution is 0.132. The van der Waals surface area contributed by atoms with Crippen LogP contribution in [0.1, 0.15) is 26.2 Å².